The van der Waals surface area contributed by atoms with Crippen molar-refractivity contribution in [3.05, 3.63) is 103 Å². The molecule has 5 heteroatoms. The number of ketones is 1. The first-order valence-corrected chi connectivity index (χ1v) is 22.4. The van der Waals surface area contributed by atoms with E-state index in [1.54, 1.807) is 5.56 Å². The first-order valence-electron chi connectivity index (χ1n) is 21.6. The smallest absolute Gasteiger partial charge is 0.162 e. The Morgan fingerprint density at radius 2 is 1.36 bits per heavy atom. The van der Waals surface area contributed by atoms with E-state index in [0.717, 1.165) is 5.56 Å². The minimum absolute atomic E-state index is 0. The average molecular weight is 979 g/mol. The number of aliphatic hydroxyl groups excluding tert-OH is 1. The van der Waals surface area contributed by atoms with Gasteiger partial charge in [-0.15, -0.1) is 34.4 Å². The Labute approximate surface area is 369 Å². The van der Waals surface area contributed by atoms with Crippen molar-refractivity contribution in [2.75, 3.05) is 0 Å². The molecule has 1 N–H and O–H groups in total. The molecule has 5 aromatic rings. The van der Waals surface area contributed by atoms with Crippen molar-refractivity contribution in [2.45, 2.75) is 134 Å². The Morgan fingerprint density at radius 3 is 1.90 bits per heavy atom. The maximum absolute atomic E-state index is 12.3. The maximum Gasteiger partial charge on any atom is 0.162 e. The normalized spacial score (nSPS) is 15.3. The second-order valence-corrected chi connectivity index (χ2v) is 21.3. The summed E-state index contributed by atoms with van der Waals surface area (Å²) in [5.41, 5.74) is 8.33. The molecule has 1 radical (unpaired) electrons. The standard InChI is InChI=1S/C36H40NS.C17H32O2.Ir/c1-22-26-11-9-10-12-27(26)31(35(3,4)5)21-30(22)32-34-29(17-20-37(32)8)28-14-13-25(23(2)33(28)38-34)24-15-18-36(6,7)19-16-24;1-10(2)16(11(3)4)14(18)9-15(19)17(12(5)6)13(7)8;/h9-14,17,20-21,24H,1,8,15-16,18-19H2,2-7H3;9-13,16-18H,1-8H3;/q-1;;/b;14-9-;. The van der Waals surface area contributed by atoms with E-state index in [4.69, 9.17) is 0 Å². The number of benzene rings is 3. The molecule has 1 fully saturated rings. The van der Waals surface area contributed by atoms with Crippen molar-refractivity contribution < 1.29 is 34.6 Å². The molecule has 58 heavy (non-hydrogen) atoms. The molecule has 3 aromatic carbocycles. The van der Waals surface area contributed by atoms with Crippen molar-refractivity contribution in [1.82, 2.24) is 0 Å². The van der Waals surface area contributed by atoms with Crippen LogP contribution in [0.15, 0.2) is 66.6 Å². The second kappa shape index (κ2) is 18.7. The molecule has 0 saturated heterocycles. The number of fused-ring (bicyclic) bond motifs is 4. The Balaban J connectivity index is 0.000000319. The van der Waals surface area contributed by atoms with Gasteiger partial charge in [0.05, 0.1) is 17.6 Å². The molecule has 0 amide bonds. The van der Waals surface area contributed by atoms with Gasteiger partial charge in [0, 0.05) is 54.5 Å². The van der Waals surface area contributed by atoms with Crippen molar-refractivity contribution in [1.29, 1.82) is 0 Å². The maximum atomic E-state index is 12.3. The van der Waals surface area contributed by atoms with E-state index in [-0.39, 0.29) is 48.9 Å². The van der Waals surface area contributed by atoms with E-state index in [9.17, 15) is 9.90 Å². The number of carbonyl (C=O) groups excluding carboxylic acids is 1. The number of carbonyl (C=O) groups is 1. The topological polar surface area (TPSA) is 41.2 Å². The number of allylic oxidation sites excluding steroid dienone is 2. The van der Waals surface area contributed by atoms with Crippen LogP contribution in [0.5, 0.6) is 0 Å². The number of pyridine rings is 1. The van der Waals surface area contributed by atoms with Crippen LogP contribution in [0.3, 0.4) is 0 Å². The van der Waals surface area contributed by atoms with E-state index in [2.05, 4.69) is 170 Å². The van der Waals surface area contributed by atoms with Crippen molar-refractivity contribution in [2.24, 2.45) is 40.9 Å². The Morgan fingerprint density at radius 1 is 0.828 bits per heavy atom. The van der Waals surface area contributed by atoms with Crippen LogP contribution in [0.4, 0.5) is 0 Å². The van der Waals surface area contributed by atoms with Crippen LogP contribution in [0.1, 0.15) is 144 Å². The van der Waals surface area contributed by atoms with Gasteiger partial charge in [0.2, 0.25) is 0 Å². The van der Waals surface area contributed by atoms with Crippen LogP contribution in [0.2, 0.25) is 0 Å². The van der Waals surface area contributed by atoms with Gasteiger partial charge in [-0.25, -0.2) is 0 Å². The number of aryl methyl sites for hydroxylation is 1. The molecular weight excluding hydrogens is 907 g/mol. The number of aliphatic hydroxyl groups is 1. The summed E-state index contributed by atoms with van der Waals surface area (Å²) in [5, 5.41) is 15.5. The predicted molar refractivity (Wildman–Crippen MR) is 248 cm³/mol. The van der Waals surface area contributed by atoms with Gasteiger partial charge >= 0.3 is 0 Å². The summed E-state index contributed by atoms with van der Waals surface area (Å²) in [6.45, 7) is 35.3. The van der Waals surface area contributed by atoms with Gasteiger partial charge in [0.25, 0.3) is 0 Å². The van der Waals surface area contributed by atoms with Crippen molar-refractivity contribution in [3.63, 3.8) is 0 Å². The summed E-state index contributed by atoms with van der Waals surface area (Å²) >= 11 is 1.94. The van der Waals surface area contributed by atoms with Gasteiger partial charge in [-0.05, 0) is 101 Å². The van der Waals surface area contributed by atoms with Crippen molar-refractivity contribution in [3.8, 4) is 11.3 Å². The largest absolute Gasteiger partial charge is 0.512 e. The molecule has 0 unspecified atom stereocenters. The van der Waals surface area contributed by atoms with Gasteiger partial charge in [0.15, 0.2) is 5.78 Å². The van der Waals surface area contributed by atoms with Gasteiger partial charge in [-0.2, -0.15) is 12.5 Å². The molecule has 317 valence electrons. The van der Waals surface area contributed by atoms with Crippen LogP contribution in [-0.2, 0) is 30.3 Å². The fraction of sp³-hybridized carbons (Fsp3) is 0.509. The molecule has 3 nitrogen and oxygen atoms in total. The number of thiophene rings is 1. The number of nitrogens with zero attached hydrogens (tertiary/aromatic N) is 1. The van der Waals surface area contributed by atoms with Gasteiger partial charge in [-0.1, -0.05) is 131 Å². The van der Waals surface area contributed by atoms with Gasteiger partial charge in [0.1, 0.15) is 0 Å². The van der Waals surface area contributed by atoms with E-state index >= 15 is 0 Å². The minimum atomic E-state index is -0.0119. The molecule has 0 aliphatic heterocycles. The third-order valence-corrected chi connectivity index (χ3v) is 14.3. The van der Waals surface area contributed by atoms with Crippen LogP contribution >= 0.6 is 11.3 Å². The molecular formula is C53H72IrNO2S-. The molecule has 0 atom stereocenters. The Kier molecular flexibility index (Phi) is 15.3. The minimum Gasteiger partial charge on any atom is -0.512 e. The molecule has 2 aromatic heterocycles. The molecule has 1 saturated carbocycles. The number of rotatable bonds is 9. The predicted octanol–water partition coefficient (Wildman–Crippen LogP) is 15.1. The monoisotopic (exact) mass is 979 g/mol. The van der Waals surface area contributed by atoms with E-state index < -0.39 is 0 Å². The average Bonchev–Trinajstić information content (AvgIpc) is 3.48. The molecule has 1 aliphatic carbocycles. The molecule has 2 heterocycles. The zero-order valence-electron chi connectivity index (χ0n) is 38.1. The zero-order chi connectivity index (χ0) is 42.3. The Bertz CT molecular complexity index is 2240. The van der Waals surface area contributed by atoms with E-state index in [0.29, 0.717) is 35.0 Å². The fourth-order valence-corrected chi connectivity index (χ4v) is 11.3. The number of hydrogen-bond donors (Lipinski definition) is 1. The van der Waals surface area contributed by atoms with Crippen LogP contribution in [0.25, 0.3) is 42.2 Å². The van der Waals surface area contributed by atoms with Crippen LogP contribution in [0, 0.1) is 61.8 Å². The summed E-state index contributed by atoms with van der Waals surface area (Å²) in [6, 6.07) is 18.2. The quantitative estimate of drug-likeness (QED) is 0.0692. The molecule has 0 spiro atoms. The third kappa shape index (κ3) is 9.91. The molecule has 0 bridgehead atoms. The summed E-state index contributed by atoms with van der Waals surface area (Å²) < 4.78 is 4.79. The number of hydrogen-bond acceptors (Lipinski definition) is 3. The summed E-state index contributed by atoms with van der Waals surface area (Å²) in [5.74, 6) is 2.31. The first-order chi connectivity index (χ1) is 26.6. The van der Waals surface area contributed by atoms with Crippen molar-refractivity contribution >= 4 is 48.1 Å². The first kappa shape index (κ1) is 47.6. The van der Waals surface area contributed by atoms with E-state index in [1.807, 2.05) is 11.3 Å². The van der Waals surface area contributed by atoms with Crippen LogP contribution in [-0.4, -0.2) is 10.9 Å². The number of aromatic nitrogens is 1. The van der Waals surface area contributed by atoms with Crippen LogP contribution < -0.4 is 4.57 Å². The Hall–Kier alpha value is -3.11. The molecule has 6 rings (SSSR count). The van der Waals surface area contributed by atoms with E-state index in [1.165, 1.54) is 85.1 Å². The van der Waals surface area contributed by atoms with Gasteiger partial charge < -0.3 is 9.67 Å². The fourth-order valence-electron chi connectivity index (χ4n) is 9.96. The SMILES string of the molecule is CC(C)C(C(=O)/C=C(\O)C(C(C)C)C(C)C)C(C)C.[CH2-]c1c(-c2c3sc4c(C)c(C5CCC(C)(C)CC5)ccc4c3cc[n+]2[CH2-])cc(C(C)(C)C)c2ccccc12.[Ir]. The summed E-state index contributed by atoms with van der Waals surface area (Å²) in [6.07, 6.45) is 8.84. The molecule has 1 aliphatic rings. The zero-order valence-corrected chi connectivity index (χ0v) is 41.3. The summed E-state index contributed by atoms with van der Waals surface area (Å²) in [4.78, 5) is 12.3. The third-order valence-electron chi connectivity index (χ3n) is 12.9. The summed E-state index contributed by atoms with van der Waals surface area (Å²) in [7, 11) is 4.45. The van der Waals surface area contributed by atoms with Gasteiger partial charge in [-0.3, -0.25) is 4.79 Å². The second-order valence-electron chi connectivity index (χ2n) is 20.3.